The Morgan fingerprint density at radius 2 is 2.27 bits per heavy atom. The second kappa shape index (κ2) is 3.48. The minimum Gasteiger partial charge on any atom is -0.256 e. The highest BCUT2D eigenvalue weighted by atomic mass is 32.1. The standard InChI is InChI=1S/C13H8NS/c1-2-5-12-10(4-1)8-11(9-14-12)13-6-3-7-15-13/h2-9H. The van der Waals surface area contributed by atoms with Gasteiger partial charge in [0.2, 0.25) is 0 Å². The summed E-state index contributed by atoms with van der Waals surface area (Å²) >= 11 is 1.73. The van der Waals surface area contributed by atoms with Crippen molar-refractivity contribution in [3.8, 4) is 10.4 Å². The Hall–Kier alpha value is -1.67. The largest absolute Gasteiger partial charge is 0.256 e. The van der Waals surface area contributed by atoms with E-state index in [-0.39, 0.29) is 0 Å². The maximum Gasteiger partial charge on any atom is 0.0702 e. The van der Waals surface area contributed by atoms with E-state index in [1.165, 1.54) is 10.4 Å². The van der Waals surface area contributed by atoms with Crippen LogP contribution in [0.15, 0.2) is 48.0 Å². The second-order valence-corrected chi connectivity index (χ2v) is 4.27. The summed E-state index contributed by atoms with van der Waals surface area (Å²) in [5.74, 6) is 0. The van der Waals surface area contributed by atoms with Crippen LogP contribution < -0.4 is 0 Å². The van der Waals surface area contributed by atoms with Crippen molar-refractivity contribution in [1.82, 2.24) is 4.98 Å². The molecular weight excluding hydrogens is 202 g/mol. The van der Waals surface area contributed by atoms with E-state index in [1.807, 2.05) is 24.4 Å². The molecule has 3 rings (SSSR count). The molecule has 71 valence electrons. The van der Waals surface area contributed by atoms with Crippen LogP contribution >= 0.6 is 11.3 Å². The van der Waals surface area contributed by atoms with Crippen molar-refractivity contribution >= 4 is 22.2 Å². The highest BCUT2D eigenvalue weighted by Crippen LogP contribution is 2.26. The molecule has 0 aliphatic carbocycles. The second-order valence-electron chi connectivity index (χ2n) is 3.32. The van der Waals surface area contributed by atoms with Gasteiger partial charge >= 0.3 is 0 Å². The van der Waals surface area contributed by atoms with Gasteiger partial charge in [0.15, 0.2) is 0 Å². The van der Waals surface area contributed by atoms with Gasteiger partial charge in [-0.15, -0.1) is 11.3 Å². The molecule has 0 spiro atoms. The Bertz CT molecular complexity index is 584. The lowest BCUT2D eigenvalue weighted by Crippen LogP contribution is -1.79. The lowest BCUT2D eigenvalue weighted by atomic mass is 10.1. The third-order valence-electron chi connectivity index (χ3n) is 2.33. The Labute approximate surface area is 92.0 Å². The first kappa shape index (κ1) is 8.62. The Morgan fingerprint density at radius 1 is 1.27 bits per heavy atom. The number of thiophene rings is 1. The molecule has 15 heavy (non-hydrogen) atoms. The number of nitrogens with zero attached hydrogens (tertiary/aromatic N) is 1. The zero-order valence-corrected chi connectivity index (χ0v) is 8.79. The van der Waals surface area contributed by atoms with Crippen molar-refractivity contribution in [2.75, 3.05) is 0 Å². The van der Waals surface area contributed by atoms with E-state index in [9.17, 15) is 0 Å². The van der Waals surface area contributed by atoms with E-state index < -0.39 is 0 Å². The summed E-state index contributed by atoms with van der Waals surface area (Å²) in [4.78, 5) is 5.68. The first-order chi connectivity index (χ1) is 7.43. The number of aromatic nitrogens is 1. The molecule has 0 N–H and O–H groups in total. The maximum atomic E-state index is 4.42. The lowest BCUT2D eigenvalue weighted by molar-refractivity contribution is 1.41. The molecule has 0 aliphatic heterocycles. The number of fused-ring (bicyclic) bond motifs is 1. The monoisotopic (exact) mass is 210 g/mol. The van der Waals surface area contributed by atoms with Crippen LogP contribution in [0.4, 0.5) is 0 Å². The van der Waals surface area contributed by atoms with Crippen LogP contribution in [0.25, 0.3) is 21.3 Å². The van der Waals surface area contributed by atoms with Gasteiger partial charge in [0.25, 0.3) is 0 Å². The molecule has 1 radical (unpaired) electrons. The average molecular weight is 210 g/mol. The fourth-order valence-corrected chi connectivity index (χ4v) is 2.30. The van der Waals surface area contributed by atoms with E-state index in [0.717, 1.165) is 10.9 Å². The molecular formula is C13H8NS. The van der Waals surface area contributed by atoms with E-state index in [0.29, 0.717) is 0 Å². The molecule has 2 heteroatoms. The number of rotatable bonds is 1. The number of benzene rings is 1. The van der Waals surface area contributed by atoms with Crippen LogP contribution in [-0.4, -0.2) is 4.98 Å². The molecule has 0 bridgehead atoms. The molecule has 0 amide bonds. The maximum absolute atomic E-state index is 4.42. The van der Waals surface area contributed by atoms with Crippen LogP contribution in [0.3, 0.4) is 0 Å². The van der Waals surface area contributed by atoms with Crippen LogP contribution in [0.5, 0.6) is 0 Å². The van der Waals surface area contributed by atoms with Gasteiger partial charge in [-0.2, -0.15) is 0 Å². The van der Waals surface area contributed by atoms with Crippen LogP contribution in [0.1, 0.15) is 0 Å². The normalized spacial score (nSPS) is 10.7. The minimum absolute atomic E-state index is 1.02. The third kappa shape index (κ3) is 1.53. The van der Waals surface area contributed by atoms with E-state index in [1.54, 1.807) is 11.3 Å². The van der Waals surface area contributed by atoms with Crippen molar-refractivity contribution in [2.24, 2.45) is 0 Å². The first-order valence-electron chi connectivity index (χ1n) is 4.73. The Kier molecular flexibility index (Phi) is 2.00. The molecule has 3 aromatic rings. The lowest BCUT2D eigenvalue weighted by Gasteiger charge is -1.99. The first-order valence-corrected chi connectivity index (χ1v) is 5.61. The molecule has 0 aliphatic rings. The van der Waals surface area contributed by atoms with Crippen molar-refractivity contribution in [3.63, 3.8) is 0 Å². The molecule has 2 heterocycles. The van der Waals surface area contributed by atoms with Crippen molar-refractivity contribution in [3.05, 3.63) is 54.0 Å². The van der Waals surface area contributed by atoms with Gasteiger partial charge in [-0.05, 0) is 35.7 Å². The summed E-state index contributed by atoms with van der Waals surface area (Å²) in [7, 11) is 0. The highest BCUT2D eigenvalue weighted by Gasteiger charge is 2.00. The third-order valence-corrected chi connectivity index (χ3v) is 3.25. The fraction of sp³-hybridized carbons (Fsp3) is 0. The summed E-state index contributed by atoms with van der Waals surface area (Å²) in [5, 5.41) is 3.22. The summed E-state index contributed by atoms with van der Waals surface area (Å²) in [5.41, 5.74) is 2.20. The average Bonchev–Trinajstić information content (AvgIpc) is 2.82. The number of hydrogen-bond donors (Lipinski definition) is 0. The van der Waals surface area contributed by atoms with E-state index >= 15 is 0 Å². The van der Waals surface area contributed by atoms with Crippen LogP contribution in [0, 0.1) is 6.07 Å². The van der Waals surface area contributed by atoms with Gasteiger partial charge in [-0.25, -0.2) is 0 Å². The fourth-order valence-electron chi connectivity index (χ4n) is 1.59. The van der Waals surface area contributed by atoms with Crippen molar-refractivity contribution < 1.29 is 0 Å². The van der Waals surface area contributed by atoms with Gasteiger partial charge in [0.05, 0.1) is 5.52 Å². The highest BCUT2D eigenvalue weighted by molar-refractivity contribution is 7.13. The zero-order valence-electron chi connectivity index (χ0n) is 7.97. The molecule has 1 nitrogen and oxygen atoms in total. The summed E-state index contributed by atoms with van der Waals surface area (Å²) < 4.78 is 0. The molecule has 0 atom stereocenters. The van der Waals surface area contributed by atoms with Gasteiger partial charge in [0, 0.05) is 22.0 Å². The van der Waals surface area contributed by atoms with Crippen molar-refractivity contribution in [1.29, 1.82) is 0 Å². The predicted octanol–water partition coefficient (Wildman–Crippen LogP) is 3.76. The molecule has 0 unspecified atom stereocenters. The minimum atomic E-state index is 1.02. The molecule has 0 saturated heterocycles. The quantitative estimate of drug-likeness (QED) is 0.596. The van der Waals surface area contributed by atoms with E-state index in [2.05, 4.69) is 34.6 Å². The summed E-state index contributed by atoms with van der Waals surface area (Å²) in [6.07, 6.45) is 1.92. The summed E-state index contributed by atoms with van der Waals surface area (Å²) in [6.45, 7) is 0. The smallest absolute Gasteiger partial charge is 0.0702 e. The van der Waals surface area contributed by atoms with Gasteiger partial charge in [-0.1, -0.05) is 12.1 Å². The van der Waals surface area contributed by atoms with Crippen LogP contribution in [0.2, 0.25) is 0 Å². The number of hydrogen-bond acceptors (Lipinski definition) is 2. The molecule has 0 fully saturated rings. The van der Waals surface area contributed by atoms with Gasteiger partial charge in [-0.3, -0.25) is 4.98 Å². The summed E-state index contributed by atoms with van der Waals surface area (Å²) in [6, 6.07) is 15.2. The predicted molar refractivity (Wildman–Crippen MR) is 63.9 cm³/mol. The molecule has 0 saturated carbocycles. The topological polar surface area (TPSA) is 12.9 Å². The van der Waals surface area contributed by atoms with Gasteiger partial charge in [0.1, 0.15) is 0 Å². The molecule has 2 aromatic heterocycles. The Balaban J connectivity index is 2.22. The van der Waals surface area contributed by atoms with Crippen molar-refractivity contribution in [2.45, 2.75) is 0 Å². The Morgan fingerprint density at radius 3 is 3.13 bits per heavy atom. The van der Waals surface area contributed by atoms with Gasteiger partial charge < -0.3 is 0 Å². The van der Waals surface area contributed by atoms with Crippen LogP contribution in [-0.2, 0) is 0 Å². The number of pyridine rings is 1. The van der Waals surface area contributed by atoms with E-state index in [4.69, 9.17) is 0 Å². The SMILES string of the molecule is [c]1ccc2ncc(-c3cccs3)cc2c1. The zero-order chi connectivity index (χ0) is 10.1. The molecule has 1 aromatic carbocycles.